The normalized spacial score (nSPS) is 22.2. The van der Waals surface area contributed by atoms with Crippen LogP contribution in [0.2, 0.25) is 5.02 Å². The summed E-state index contributed by atoms with van der Waals surface area (Å²) in [5, 5.41) is 6.19. The third-order valence-corrected chi connectivity index (χ3v) is 6.88. The third kappa shape index (κ3) is 6.48. The van der Waals surface area contributed by atoms with Gasteiger partial charge in [0.2, 0.25) is 0 Å². The van der Waals surface area contributed by atoms with Crippen molar-refractivity contribution in [1.82, 2.24) is 5.32 Å². The Morgan fingerprint density at radius 1 is 1.26 bits per heavy atom. The maximum absolute atomic E-state index is 12.3. The van der Waals surface area contributed by atoms with Gasteiger partial charge in [-0.15, -0.1) is 0 Å². The lowest BCUT2D eigenvalue weighted by Gasteiger charge is -2.25. The summed E-state index contributed by atoms with van der Waals surface area (Å²) in [6.07, 6.45) is 0.414. The monoisotopic (exact) mass is 416 g/mol. The van der Waals surface area contributed by atoms with E-state index in [4.69, 9.17) is 11.6 Å². The molecule has 1 aromatic carbocycles. The van der Waals surface area contributed by atoms with Crippen molar-refractivity contribution >= 4 is 38.9 Å². The molecular formula is C18H27ClN3O4S+. The van der Waals surface area contributed by atoms with E-state index in [2.05, 4.69) is 10.6 Å². The average Bonchev–Trinajstić information content (AvgIpc) is 2.83. The number of benzene rings is 1. The Bertz CT molecular complexity index is 828. The lowest BCUT2D eigenvalue weighted by Crippen LogP contribution is -3.14. The molecular weight excluding hydrogens is 390 g/mol. The Kier molecular flexibility index (Phi) is 6.88. The molecule has 150 valence electrons. The highest BCUT2D eigenvalue weighted by atomic mass is 35.5. The highest BCUT2D eigenvalue weighted by Crippen LogP contribution is 2.22. The summed E-state index contributed by atoms with van der Waals surface area (Å²) in [7, 11) is -3.09. The van der Waals surface area contributed by atoms with Crippen molar-refractivity contribution in [3.63, 3.8) is 0 Å². The number of nitrogens with one attached hydrogen (secondary N) is 3. The van der Waals surface area contributed by atoms with Crippen LogP contribution in [0.3, 0.4) is 0 Å². The minimum absolute atomic E-state index is 0.0400. The SMILES string of the molecule is CC[NH+](CC(=O)Nc1cc(Cl)ccc1C)CC(=O)N[C@@]1(C)CCS(=O)(=O)C1. The fraction of sp³-hybridized carbons (Fsp3) is 0.556. The highest BCUT2D eigenvalue weighted by Gasteiger charge is 2.39. The van der Waals surface area contributed by atoms with Crippen LogP contribution in [0.5, 0.6) is 0 Å². The molecule has 2 amide bonds. The van der Waals surface area contributed by atoms with E-state index in [1.807, 2.05) is 19.9 Å². The molecule has 3 N–H and O–H groups in total. The van der Waals surface area contributed by atoms with Gasteiger partial charge in [-0.3, -0.25) is 9.59 Å². The molecule has 0 aliphatic carbocycles. The first-order valence-electron chi connectivity index (χ1n) is 8.93. The minimum atomic E-state index is -3.09. The van der Waals surface area contributed by atoms with Crippen molar-refractivity contribution in [3.05, 3.63) is 28.8 Å². The van der Waals surface area contributed by atoms with Crippen molar-refractivity contribution < 1.29 is 22.9 Å². The number of likely N-dealkylation sites (N-methyl/N-ethyl adjacent to an activating group) is 1. The van der Waals surface area contributed by atoms with Crippen LogP contribution >= 0.6 is 11.6 Å². The molecule has 0 radical (unpaired) electrons. The first kappa shape index (κ1) is 21.7. The second-order valence-corrected chi connectivity index (χ2v) is 10.0. The zero-order valence-corrected chi connectivity index (χ0v) is 17.5. The summed E-state index contributed by atoms with van der Waals surface area (Å²) in [5.41, 5.74) is 0.824. The summed E-state index contributed by atoms with van der Waals surface area (Å²) < 4.78 is 23.3. The molecule has 1 fully saturated rings. The van der Waals surface area contributed by atoms with E-state index in [-0.39, 0.29) is 36.4 Å². The number of hydrogen-bond donors (Lipinski definition) is 3. The summed E-state index contributed by atoms with van der Waals surface area (Å²) >= 11 is 5.96. The molecule has 2 atom stereocenters. The maximum Gasteiger partial charge on any atom is 0.279 e. The average molecular weight is 417 g/mol. The van der Waals surface area contributed by atoms with Gasteiger partial charge in [0, 0.05) is 10.7 Å². The fourth-order valence-electron chi connectivity index (χ4n) is 3.18. The largest absolute Gasteiger partial charge is 0.345 e. The second-order valence-electron chi connectivity index (χ2n) is 7.42. The van der Waals surface area contributed by atoms with Crippen LogP contribution in [-0.2, 0) is 19.4 Å². The van der Waals surface area contributed by atoms with Crippen LogP contribution in [0.4, 0.5) is 5.69 Å². The van der Waals surface area contributed by atoms with Crippen molar-refractivity contribution in [3.8, 4) is 0 Å². The maximum atomic E-state index is 12.3. The zero-order chi connectivity index (χ0) is 20.2. The summed E-state index contributed by atoms with van der Waals surface area (Å²) in [5.74, 6) is -0.407. The van der Waals surface area contributed by atoms with E-state index in [0.29, 0.717) is 23.7 Å². The van der Waals surface area contributed by atoms with E-state index in [1.54, 1.807) is 19.1 Å². The molecule has 1 unspecified atom stereocenters. The summed E-state index contributed by atoms with van der Waals surface area (Å²) in [6.45, 7) is 6.33. The van der Waals surface area contributed by atoms with Crippen molar-refractivity contribution in [2.75, 3.05) is 36.5 Å². The minimum Gasteiger partial charge on any atom is -0.345 e. The van der Waals surface area contributed by atoms with Crippen LogP contribution < -0.4 is 15.5 Å². The van der Waals surface area contributed by atoms with Crippen LogP contribution in [0, 0.1) is 6.92 Å². The van der Waals surface area contributed by atoms with Gasteiger partial charge in [0.1, 0.15) is 0 Å². The standard InChI is InChI=1S/C18H26ClN3O4S/c1-4-22(10-16(23)20-15-9-14(19)6-5-13(15)2)11-17(24)21-18(3)7-8-27(25,26)12-18/h5-6,9H,4,7-8,10-12H2,1-3H3,(H,20,23)(H,21,24)/p+1/t18-/m0/s1. The first-order valence-corrected chi connectivity index (χ1v) is 11.1. The predicted molar refractivity (Wildman–Crippen MR) is 106 cm³/mol. The molecule has 0 spiro atoms. The highest BCUT2D eigenvalue weighted by molar-refractivity contribution is 7.91. The van der Waals surface area contributed by atoms with E-state index < -0.39 is 15.4 Å². The Morgan fingerprint density at radius 2 is 1.93 bits per heavy atom. The molecule has 0 aromatic heterocycles. The predicted octanol–water partition coefficient (Wildman–Crippen LogP) is 0.185. The van der Waals surface area contributed by atoms with Crippen LogP contribution in [0.15, 0.2) is 18.2 Å². The van der Waals surface area contributed by atoms with Crippen LogP contribution in [0.25, 0.3) is 0 Å². The summed E-state index contributed by atoms with van der Waals surface area (Å²) in [4.78, 5) is 25.5. The van der Waals surface area contributed by atoms with Gasteiger partial charge in [0.15, 0.2) is 22.9 Å². The zero-order valence-electron chi connectivity index (χ0n) is 15.9. The quantitative estimate of drug-likeness (QED) is 0.591. The molecule has 27 heavy (non-hydrogen) atoms. The Balaban J connectivity index is 1.90. The van der Waals surface area contributed by atoms with Gasteiger partial charge in [-0.05, 0) is 44.9 Å². The van der Waals surface area contributed by atoms with E-state index in [9.17, 15) is 18.0 Å². The number of anilines is 1. The number of rotatable bonds is 7. The van der Waals surface area contributed by atoms with Crippen LogP contribution in [0.1, 0.15) is 25.8 Å². The second kappa shape index (κ2) is 8.58. The lowest BCUT2D eigenvalue weighted by molar-refractivity contribution is -0.881. The van der Waals surface area contributed by atoms with Crippen molar-refractivity contribution in [2.24, 2.45) is 0 Å². The van der Waals surface area contributed by atoms with Gasteiger partial charge < -0.3 is 15.5 Å². The van der Waals surface area contributed by atoms with Gasteiger partial charge in [-0.1, -0.05) is 17.7 Å². The fourth-order valence-corrected chi connectivity index (χ4v) is 5.44. The smallest absolute Gasteiger partial charge is 0.279 e. The molecule has 9 heteroatoms. The van der Waals surface area contributed by atoms with E-state index >= 15 is 0 Å². The number of aryl methyl sites for hydroxylation is 1. The van der Waals surface area contributed by atoms with Gasteiger partial charge in [-0.2, -0.15) is 0 Å². The Morgan fingerprint density at radius 3 is 2.52 bits per heavy atom. The topological polar surface area (TPSA) is 96.8 Å². The summed E-state index contributed by atoms with van der Waals surface area (Å²) in [6, 6.07) is 5.27. The van der Waals surface area contributed by atoms with Crippen LogP contribution in [-0.4, -0.2) is 56.9 Å². The third-order valence-electron chi connectivity index (χ3n) is 4.74. The molecule has 1 saturated heterocycles. The number of hydrogen-bond acceptors (Lipinski definition) is 4. The molecule has 1 aliphatic heterocycles. The van der Waals surface area contributed by atoms with Gasteiger partial charge >= 0.3 is 0 Å². The molecule has 2 rings (SSSR count). The van der Waals surface area contributed by atoms with Gasteiger partial charge in [0.25, 0.3) is 11.8 Å². The van der Waals surface area contributed by atoms with Crippen molar-refractivity contribution in [2.45, 2.75) is 32.7 Å². The van der Waals surface area contributed by atoms with Gasteiger partial charge in [-0.25, -0.2) is 8.42 Å². The van der Waals surface area contributed by atoms with Crippen molar-refractivity contribution in [1.29, 1.82) is 0 Å². The number of sulfone groups is 1. The molecule has 7 nitrogen and oxygen atoms in total. The van der Waals surface area contributed by atoms with Gasteiger partial charge in [0.05, 0.1) is 23.6 Å². The number of quaternary nitrogens is 1. The number of carbonyl (C=O) groups is 2. The molecule has 1 aromatic rings. The number of amides is 2. The Hall–Kier alpha value is -1.64. The lowest BCUT2D eigenvalue weighted by atomic mass is 10.0. The van der Waals surface area contributed by atoms with E-state index in [0.717, 1.165) is 10.5 Å². The van der Waals surface area contributed by atoms with E-state index in [1.165, 1.54) is 0 Å². The Labute approximate surface area is 165 Å². The molecule has 0 bridgehead atoms. The number of carbonyl (C=O) groups excluding carboxylic acids is 2. The first-order chi connectivity index (χ1) is 12.5. The molecule has 0 saturated carbocycles. The number of halogens is 1. The molecule has 1 aliphatic rings. The molecule has 1 heterocycles.